The molecule has 0 aliphatic rings. The smallest absolute Gasteiger partial charge is 0.147 e. The third-order valence-electron chi connectivity index (χ3n) is 2.42. The lowest BCUT2D eigenvalue weighted by Gasteiger charge is -2.10. The Hall–Kier alpha value is -1.64. The number of halogens is 2. The van der Waals surface area contributed by atoms with Crippen LogP contribution in [0.4, 0.5) is 8.78 Å². The van der Waals surface area contributed by atoms with Crippen molar-refractivity contribution >= 4 is 0 Å². The van der Waals surface area contributed by atoms with Gasteiger partial charge in [0.1, 0.15) is 11.6 Å². The second-order valence-electron chi connectivity index (χ2n) is 3.55. The number of hydrogen-bond acceptors (Lipinski definition) is 0. The second-order valence-corrected chi connectivity index (χ2v) is 3.55. The van der Waals surface area contributed by atoms with Crippen LogP contribution in [0.25, 0.3) is 5.69 Å². The highest BCUT2D eigenvalue weighted by molar-refractivity contribution is 5.39. The molecule has 3 heteroatoms. The molecule has 1 aromatic heterocycles. The molecule has 0 radical (unpaired) electrons. The van der Waals surface area contributed by atoms with Gasteiger partial charge in [-0.1, -0.05) is 0 Å². The van der Waals surface area contributed by atoms with E-state index in [4.69, 9.17) is 0 Å². The topological polar surface area (TPSA) is 4.93 Å². The van der Waals surface area contributed by atoms with E-state index in [-0.39, 0.29) is 5.69 Å². The first-order valence-corrected chi connectivity index (χ1v) is 4.70. The van der Waals surface area contributed by atoms with Crippen LogP contribution in [-0.2, 0) is 0 Å². The predicted octanol–water partition coefficient (Wildman–Crippen LogP) is 3.37. The van der Waals surface area contributed by atoms with Crippen LogP contribution >= 0.6 is 0 Å². The standard InChI is InChI=1S/C12H11F2N/c1-8-3-4-9(2)15(8)12-7-10(13)5-6-11(12)14/h3-7H,1-2H3. The lowest BCUT2D eigenvalue weighted by Crippen LogP contribution is -2.02. The maximum atomic E-state index is 13.5. The molecular weight excluding hydrogens is 196 g/mol. The molecule has 0 saturated heterocycles. The van der Waals surface area contributed by atoms with Gasteiger partial charge in [0.05, 0.1) is 5.69 Å². The fourth-order valence-electron chi connectivity index (χ4n) is 1.71. The number of aromatic nitrogens is 1. The minimum absolute atomic E-state index is 0.259. The molecule has 0 saturated carbocycles. The molecule has 15 heavy (non-hydrogen) atoms. The van der Waals surface area contributed by atoms with Gasteiger partial charge in [0, 0.05) is 17.5 Å². The molecule has 0 aliphatic heterocycles. The van der Waals surface area contributed by atoms with Crippen molar-refractivity contribution in [2.45, 2.75) is 13.8 Å². The van der Waals surface area contributed by atoms with Crippen LogP contribution < -0.4 is 0 Å². The lowest BCUT2D eigenvalue weighted by molar-refractivity contribution is 0.591. The van der Waals surface area contributed by atoms with Crippen molar-refractivity contribution in [1.29, 1.82) is 0 Å². The number of aryl methyl sites for hydroxylation is 2. The molecule has 0 spiro atoms. The zero-order valence-electron chi connectivity index (χ0n) is 8.59. The average Bonchev–Trinajstić information content (AvgIpc) is 2.51. The highest BCUT2D eigenvalue weighted by Crippen LogP contribution is 2.20. The molecule has 0 unspecified atom stereocenters. The SMILES string of the molecule is Cc1ccc(C)n1-c1cc(F)ccc1F. The third-order valence-corrected chi connectivity index (χ3v) is 2.42. The first-order chi connectivity index (χ1) is 7.09. The second kappa shape index (κ2) is 3.50. The van der Waals surface area contributed by atoms with Gasteiger partial charge in [-0.2, -0.15) is 0 Å². The van der Waals surface area contributed by atoms with E-state index in [0.717, 1.165) is 23.5 Å². The van der Waals surface area contributed by atoms with Crippen molar-refractivity contribution in [3.8, 4) is 5.69 Å². The first kappa shape index (κ1) is 9.90. The molecule has 0 aliphatic carbocycles. The summed E-state index contributed by atoms with van der Waals surface area (Å²) in [6.07, 6.45) is 0. The van der Waals surface area contributed by atoms with Crippen LogP contribution in [-0.4, -0.2) is 4.57 Å². The summed E-state index contributed by atoms with van der Waals surface area (Å²) < 4.78 is 28.2. The predicted molar refractivity (Wildman–Crippen MR) is 55.2 cm³/mol. The summed E-state index contributed by atoms with van der Waals surface area (Å²) >= 11 is 0. The van der Waals surface area contributed by atoms with Crippen molar-refractivity contribution in [2.24, 2.45) is 0 Å². The molecule has 1 aromatic carbocycles. The van der Waals surface area contributed by atoms with Crippen LogP contribution in [0.15, 0.2) is 30.3 Å². The van der Waals surface area contributed by atoms with E-state index in [1.165, 1.54) is 6.07 Å². The quantitative estimate of drug-likeness (QED) is 0.675. The Bertz CT molecular complexity index is 481. The van der Waals surface area contributed by atoms with Crippen LogP contribution in [0.1, 0.15) is 11.4 Å². The summed E-state index contributed by atoms with van der Waals surface area (Å²) in [5.41, 5.74) is 2.03. The van der Waals surface area contributed by atoms with Crippen molar-refractivity contribution < 1.29 is 8.78 Å². The molecule has 1 nitrogen and oxygen atoms in total. The van der Waals surface area contributed by atoms with E-state index in [1.807, 2.05) is 26.0 Å². The van der Waals surface area contributed by atoms with Gasteiger partial charge in [-0.15, -0.1) is 0 Å². The van der Waals surface area contributed by atoms with Crippen molar-refractivity contribution in [1.82, 2.24) is 4.57 Å². The van der Waals surface area contributed by atoms with E-state index in [2.05, 4.69) is 0 Å². The number of benzene rings is 1. The van der Waals surface area contributed by atoms with Gasteiger partial charge in [-0.3, -0.25) is 0 Å². The summed E-state index contributed by atoms with van der Waals surface area (Å²) in [7, 11) is 0. The largest absolute Gasteiger partial charge is 0.316 e. The van der Waals surface area contributed by atoms with E-state index in [9.17, 15) is 8.78 Å². The zero-order valence-corrected chi connectivity index (χ0v) is 8.59. The van der Waals surface area contributed by atoms with Crippen LogP contribution in [0.3, 0.4) is 0 Å². The van der Waals surface area contributed by atoms with E-state index in [1.54, 1.807) is 4.57 Å². The molecule has 0 atom stereocenters. The molecule has 0 bridgehead atoms. The third kappa shape index (κ3) is 1.65. The van der Waals surface area contributed by atoms with Gasteiger partial charge < -0.3 is 4.57 Å². The van der Waals surface area contributed by atoms with Gasteiger partial charge in [-0.05, 0) is 38.1 Å². The minimum atomic E-state index is -0.432. The van der Waals surface area contributed by atoms with Gasteiger partial charge in [-0.25, -0.2) is 8.78 Å². The minimum Gasteiger partial charge on any atom is -0.316 e. The monoisotopic (exact) mass is 207 g/mol. The molecule has 0 N–H and O–H groups in total. The Labute approximate surface area is 87.0 Å². The van der Waals surface area contributed by atoms with Crippen LogP contribution in [0, 0.1) is 25.5 Å². The number of hydrogen-bond donors (Lipinski definition) is 0. The van der Waals surface area contributed by atoms with Crippen molar-refractivity contribution in [2.75, 3.05) is 0 Å². The lowest BCUT2D eigenvalue weighted by atomic mass is 10.3. The Balaban J connectivity index is 2.68. The Morgan fingerprint density at radius 3 is 2.13 bits per heavy atom. The van der Waals surface area contributed by atoms with Crippen molar-refractivity contribution in [3.05, 3.63) is 53.4 Å². The molecular formula is C12H11F2N. The maximum absolute atomic E-state index is 13.5. The molecule has 2 rings (SSSR count). The van der Waals surface area contributed by atoms with Crippen molar-refractivity contribution in [3.63, 3.8) is 0 Å². The molecule has 1 heterocycles. The van der Waals surface area contributed by atoms with Gasteiger partial charge in [0.25, 0.3) is 0 Å². The summed E-state index contributed by atoms with van der Waals surface area (Å²) in [6, 6.07) is 7.21. The number of nitrogens with zero attached hydrogens (tertiary/aromatic N) is 1. The molecule has 78 valence electrons. The highest BCUT2D eigenvalue weighted by atomic mass is 19.1. The van der Waals surface area contributed by atoms with Gasteiger partial charge >= 0.3 is 0 Å². The number of rotatable bonds is 1. The molecule has 0 fully saturated rings. The van der Waals surface area contributed by atoms with Crippen LogP contribution in [0.5, 0.6) is 0 Å². The van der Waals surface area contributed by atoms with Gasteiger partial charge in [0.2, 0.25) is 0 Å². The summed E-state index contributed by atoms with van der Waals surface area (Å²) in [6.45, 7) is 3.72. The maximum Gasteiger partial charge on any atom is 0.147 e. The molecule has 2 aromatic rings. The van der Waals surface area contributed by atoms with E-state index < -0.39 is 11.6 Å². The summed E-state index contributed by atoms with van der Waals surface area (Å²) in [5, 5.41) is 0. The Morgan fingerprint density at radius 2 is 1.53 bits per heavy atom. The summed E-state index contributed by atoms with van der Waals surface area (Å²) in [5.74, 6) is -0.849. The van der Waals surface area contributed by atoms with E-state index >= 15 is 0 Å². The van der Waals surface area contributed by atoms with Crippen LogP contribution in [0.2, 0.25) is 0 Å². The Morgan fingerprint density at radius 1 is 0.933 bits per heavy atom. The average molecular weight is 207 g/mol. The van der Waals surface area contributed by atoms with Gasteiger partial charge in [0.15, 0.2) is 0 Å². The Kier molecular flexibility index (Phi) is 2.31. The summed E-state index contributed by atoms with van der Waals surface area (Å²) in [4.78, 5) is 0. The fourth-order valence-corrected chi connectivity index (χ4v) is 1.71. The zero-order chi connectivity index (χ0) is 11.0. The highest BCUT2D eigenvalue weighted by Gasteiger charge is 2.09. The first-order valence-electron chi connectivity index (χ1n) is 4.70. The molecule has 0 amide bonds. The van der Waals surface area contributed by atoms with E-state index in [0.29, 0.717) is 0 Å². The fraction of sp³-hybridized carbons (Fsp3) is 0.167. The normalized spacial score (nSPS) is 10.7.